The van der Waals surface area contributed by atoms with E-state index in [1.165, 1.54) is 18.3 Å². The highest BCUT2D eigenvalue weighted by atomic mass is 35.5. The number of nitrogens with zero attached hydrogens (tertiary/aromatic N) is 1. The number of anilines is 2. The van der Waals surface area contributed by atoms with E-state index < -0.39 is 10.0 Å². The molecule has 0 aliphatic heterocycles. The van der Waals surface area contributed by atoms with Gasteiger partial charge < -0.3 is 5.32 Å². The highest BCUT2D eigenvalue weighted by Gasteiger charge is 2.16. The van der Waals surface area contributed by atoms with Crippen molar-refractivity contribution in [3.8, 4) is 0 Å². The molecule has 0 saturated heterocycles. The average Bonchev–Trinajstić information content (AvgIpc) is 2.42. The first-order chi connectivity index (χ1) is 9.53. The maximum Gasteiger partial charge on any atom is 0.263 e. The van der Waals surface area contributed by atoms with Crippen LogP contribution in [0.1, 0.15) is 6.92 Å². The van der Waals surface area contributed by atoms with Crippen molar-refractivity contribution >= 4 is 33.1 Å². The first-order valence-electron chi connectivity index (χ1n) is 6.00. The molecule has 2 N–H and O–H groups in total. The summed E-state index contributed by atoms with van der Waals surface area (Å²) < 4.78 is 26.7. The lowest BCUT2D eigenvalue weighted by molar-refractivity contribution is 0.601. The van der Waals surface area contributed by atoms with E-state index in [2.05, 4.69) is 15.0 Å². The standard InChI is InChI=1S/C13H14ClN3O2S/c1-2-15-10-5-7-11(8-6-10)20(18,19)17-13-12(14)4-3-9-16-13/h3-9,15H,2H2,1H3,(H,16,17). The van der Waals surface area contributed by atoms with Crippen LogP contribution in [0.3, 0.4) is 0 Å². The van der Waals surface area contributed by atoms with Crippen LogP contribution in [0.15, 0.2) is 47.5 Å². The van der Waals surface area contributed by atoms with Gasteiger partial charge in [0, 0.05) is 18.4 Å². The summed E-state index contributed by atoms with van der Waals surface area (Å²) in [5, 5.41) is 3.35. The molecule has 0 spiro atoms. The summed E-state index contributed by atoms with van der Waals surface area (Å²) >= 11 is 5.88. The van der Waals surface area contributed by atoms with E-state index in [0.29, 0.717) is 0 Å². The molecule has 0 unspecified atom stereocenters. The van der Waals surface area contributed by atoms with Crippen molar-refractivity contribution in [2.75, 3.05) is 16.6 Å². The van der Waals surface area contributed by atoms with Crippen molar-refractivity contribution < 1.29 is 8.42 Å². The van der Waals surface area contributed by atoms with Gasteiger partial charge in [0.2, 0.25) is 0 Å². The van der Waals surface area contributed by atoms with Gasteiger partial charge in [-0.15, -0.1) is 0 Å². The van der Waals surface area contributed by atoms with Crippen LogP contribution in [0.2, 0.25) is 5.02 Å². The monoisotopic (exact) mass is 311 g/mol. The van der Waals surface area contributed by atoms with Crippen molar-refractivity contribution in [3.63, 3.8) is 0 Å². The number of hydrogen-bond donors (Lipinski definition) is 2. The van der Waals surface area contributed by atoms with Gasteiger partial charge in [-0.3, -0.25) is 4.72 Å². The maximum absolute atomic E-state index is 12.2. The quantitative estimate of drug-likeness (QED) is 0.890. The molecule has 1 aromatic heterocycles. The van der Waals surface area contributed by atoms with Crippen molar-refractivity contribution in [1.82, 2.24) is 4.98 Å². The fraction of sp³-hybridized carbons (Fsp3) is 0.154. The lowest BCUT2D eigenvalue weighted by Gasteiger charge is -2.09. The Labute approximate surface area is 123 Å². The van der Waals surface area contributed by atoms with E-state index in [0.717, 1.165) is 12.2 Å². The number of halogens is 1. The van der Waals surface area contributed by atoms with Crippen LogP contribution in [0.5, 0.6) is 0 Å². The van der Waals surface area contributed by atoms with Gasteiger partial charge in [0.25, 0.3) is 10.0 Å². The normalized spacial score (nSPS) is 11.1. The SMILES string of the molecule is CCNc1ccc(S(=O)(=O)Nc2ncccc2Cl)cc1. The smallest absolute Gasteiger partial charge is 0.263 e. The summed E-state index contributed by atoms with van der Waals surface area (Å²) in [6.07, 6.45) is 1.47. The predicted octanol–water partition coefficient (Wildman–Crippen LogP) is 2.97. The molecule has 0 amide bonds. The summed E-state index contributed by atoms with van der Waals surface area (Å²) in [6.45, 7) is 2.74. The second-order valence-electron chi connectivity index (χ2n) is 3.99. The highest BCUT2D eigenvalue weighted by molar-refractivity contribution is 7.92. The molecule has 7 heteroatoms. The molecule has 1 heterocycles. The average molecular weight is 312 g/mol. The highest BCUT2D eigenvalue weighted by Crippen LogP contribution is 2.22. The van der Waals surface area contributed by atoms with Crippen molar-refractivity contribution in [2.24, 2.45) is 0 Å². The van der Waals surface area contributed by atoms with E-state index >= 15 is 0 Å². The Morgan fingerprint density at radius 1 is 1.20 bits per heavy atom. The van der Waals surface area contributed by atoms with Gasteiger partial charge in [-0.05, 0) is 43.3 Å². The minimum Gasteiger partial charge on any atom is -0.385 e. The molecule has 0 aliphatic rings. The van der Waals surface area contributed by atoms with Crippen molar-refractivity contribution in [2.45, 2.75) is 11.8 Å². The van der Waals surface area contributed by atoms with Gasteiger partial charge in [0.05, 0.1) is 9.92 Å². The Hall–Kier alpha value is -1.79. The summed E-state index contributed by atoms with van der Waals surface area (Å²) in [5.74, 6) is 0.116. The molecule has 0 bridgehead atoms. The Morgan fingerprint density at radius 3 is 2.50 bits per heavy atom. The van der Waals surface area contributed by atoms with Crippen LogP contribution in [0, 0.1) is 0 Å². The van der Waals surface area contributed by atoms with Crippen LogP contribution >= 0.6 is 11.6 Å². The second kappa shape index (κ2) is 6.11. The third kappa shape index (κ3) is 3.40. The predicted molar refractivity (Wildman–Crippen MR) is 80.7 cm³/mol. The van der Waals surface area contributed by atoms with Crippen molar-refractivity contribution in [3.05, 3.63) is 47.6 Å². The molecule has 1 aromatic carbocycles. The molecule has 0 fully saturated rings. The van der Waals surface area contributed by atoms with Crippen LogP contribution in [0.4, 0.5) is 11.5 Å². The Balaban J connectivity index is 2.24. The maximum atomic E-state index is 12.2. The fourth-order valence-corrected chi connectivity index (χ4v) is 2.86. The minimum atomic E-state index is -3.69. The fourth-order valence-electron chi connectivity index (χ4n) is 1.60. The number of aromatic nitrogens is 1. The molecule has 0 atom stereocenters. The molecule has 106 valence electrons. The van der Waals surface area contributed by atoms with Gasteiger partial charge in [-0.2, -0.15) is 0 Å². The largest absolute Gasteiger partial charge is 0.385 e. The van der Waals surface area contributed by atoms with Crippen LogP contribution < -0.4 is 10.0 Å². The number of rotatable bonds is 5. The van der Waals surface area contributed by atoms with Gasteiger partial charge in [-0.1, -0.05) is 11.6 Å². The first kappa shape index (κ1) is 14.6. The number of pyridine rings is 1. The third-order valence-corrected chi connectivity index (χ3v) is 4.19. The number of hydrogen-bond acceptors (Lipinski definition) is 4. The zero-order valence-corrected chi connectivity index (χ0v) is 12.4. The van der Waals surface area contributed by atoms with Gasteiger partial charge >= 0.3 is 0 Å². The lowest BCUT2D eigenvalue weighted by atomic mass is 10.3. The summed E-state index contributed by atoms with van der Waals surface area (Å²) in [7, 11) is -3.69. The minimum absolute atomic E-state index is 0.116. The Morgan fingerprint density at radius 2 is 1.90 bits per heavy atom. The topological polar surface area (TPSA) is 71.1 Å². The molecule has 20 heavy (non-hydrogen) atoms. The van der Waals surface area contributed by atoms with E-state index in [4.69, 9.17) is 11.6 Å². The van der Waals surface area contributed by atoms with Gasteiger partial charge in [0.1, 0.15) is 0 Å². The van der Waals surface area contributed by atoms with Crippen molar-refractivity contribution in [1.29, 1.82) is 0 Å². The molecular formula is C13H14ClN3O2S. The Kier molecular flexibility index (Phi) is 4.46. The van der Waals surface area contributed by atoms with Gasteiger partial charge in [0.15, 0.2) is 5.82 Å². The molecule has 0 radical (unpaired) electrons. The van der Waals surface area contributed by atoms with Crippen LogP contribution in [0.25, 0.3) is 0 Å². The summed E-state index contributed by atoms with van der Waals surface area (Å²) in [4.78, 5) is 4.05. The summed E-state index contributed by atoms with van der Waals surface area (Å²) in [6, 6.07) is 9.66. The zero-order chi connectivity index (χ0) is 14.6. The zero-order valence-electron chi connectivity index (χ0n) is 10.8. The third-order valence-electron chi connectivity index (χ3n) is 2.54. The van der Waals surface area contributed by atoms with E-state index in [1.54, 1.807) is 24.3 Å². The lowest BCUT2D eigenvalue weighted by Crippen LogP contribution is -2.14. The first-order valence-corrected chi connectivity index (χ1v) is 7.86. The molecule has 2 aromatic rings. The molecule has 5 nitrogen and oxygen atoms in total. The molecule has 2 rings (SSSR count). The molecule has 0 saturated carbocycles. The van der Waals surface area contributed by atoms with Crippen LogP contribution in [-0.2, 0) is 10.0 Å². The van der Waals surface area contributed by atoms with E-state index in [1.807, 2.05) is 6.92 Å². The van der Waals surface area contributed by atoms with Gasteiger partial charge in [-0.25, -0.2) is 13.4 Å². The Bertz CT molecular complexity index is 687. The number of nitrogens with one attached hydrogen (secondary N) is 2. The summed E-state index contributed by atoms with van der Waals surface area (Å²) in [5.41, 5.74) is 0.863. The second-order valence-corrected chi connectivity index (χ2v) is 6.08. The van der Waals surface area contributed by atoms with E-state index in [9.17, 15) is 8.42 Å². The number of sulfonamides is 1. The number of benzene rings is 1. The molecule has 0 aliphatic carbocycles. The van der Waals surface area contributed by atoms with E-state index in [-0.39, 0.29) is 15.7 Å². The van der Waals surface area contributed by atoms with Crippen LogP contribution in [-0.4, -0.2) is 19.9 Å². The molecular weight excluding hydrogens is 298 g/mol.